The number of hydrogen-bond acceptors (Lipinski definition) is 3. The Kier molecular flexibility index (Phi) is 8.25. The van der Waals surface area contributed by atoms with Gasteiger partial charge in [0.25, 0.3) is 0 Å². The van der Waals surface area contributed by atoms with Gasteiger partial charge in [0.05, 0.1) is 7.11 Å². The van der Waals surface area contributed by atoms with E-state index in [1.54, 1.807) is 0 Å². The van der Waals surface area contributed by atoms with Crippen LogP contribution in [-0.2, 0) is 9.53 Å². The number of carbonyl (C=O) groups is 1. The maximum absolute atomic E-state index is 11.5. The number of ether oxygens (including phenoxy) is 1. The summed E-state index contributed by atoms with van der Waals surface area (Å²) in [4.78, 5) is 11.5. The Hall–Kier alpha value is 0.572. The van der Waals surface area contributed by atoms with Gasteiger partial charge in [-0.2, -0.15) is 0 Å². The Morgan fingerprint density at radius 3 is 2.50 bits per heavy atom. The average Bonchev–Trinajstić information content (AvgIpc) is 2.30. The van der Waals surface area contributed by atoms with Crippen molar-refractivity contribution in [2.24, 2.45) is 23.5 Å². The fourth-order valence-corrected chi connectivity index (χ4v) is 2.28. The molecule has 0 fully saturated rings. The van der Waals surface area contributed by atoms with E-state index in [2.05, 4.69) is 20.8 Å². The summed E-state index contributed by atoms with van der Waals surface area (Å²) in [5.41, 5.74) is 14.7. The van der Waals surface area contributed by atoms with Crippen LogP contribution in [0.1, 0.15) is 27.2 Å². The Morgan fingerprint density at radius 1 is 1.50 bits per heavy atom. The molecular formula is C13H23AcN2O2-. The second-order valence-corrected chi connectivity index (χ2v) is 5.26. The van der Waals surface area contributed by atoms with Gasteiger partial charge in [-0.15, -0.1) is 6.04 Å². The molecule has 1 radical (unpaired) electrons. The van der Waals surface area contributed by atoms with Gasteiger partial charge < -0.3 is 16.2 Å². The van der Waals surface area contributed by atoms with Gasteiger partial charge in [0, 0.05) is 49.6 Å². The number of carbonyl (C=O) groups excluding carboxylic acids is 1. The molecule has 0 bridgehead atoms. The van der Waals surface area contributed by atoms with Crippen LogP contribution >= 0.6 is 0 Å². The molecular weight excluding hydrogens is 443 g/mol. The van der Waals surface area contributed by atoms with E-state index in [-0.39, 0.29) is 68.0 Å². The molecule has 0 aromatic rings. The van der Waals surface area contributed by atoms with E-state index in [0.717, 1.165) is 0 Å². The number of methoxy groups -OCH3 is 1. The molecule has 3 N–H and O–H groups in total. The molecule has 1 rings (SSSR count). The zero-order valence-corrected chi connectivity index (χ0v) is 16.4. The van der Waals surface area contributed by atoms with Gasteiger partial charge in [0.1, 0.15) is 0 Å². The first-order valence-corrected chi connectivity index (χ1v) is 6.14. The molecule has 0 aliphatic heterocycles. The maximum Gasteiger partial charge on any atom is 0.333 e. The molecule has 0 heterocycles. The van der Waals surface area contributed by atoms with Crippen LogP contribution in [-0.4, -0.2) is 25.2 Å². The van der Waals surface area contributed by atoms with E-state index in [0.29, 0.717) is 23.8 Å². The van der Waals surface area contributed by atoms with Crippen molar-refractivity contribution in [1.82, 2.24) is 0 Å². The third-order valence-electron chi connectivity index (χ3n) is 3.83. The first-order valence-electron chi connectivity index (χ1n) is 6.14. The normalized spacial score (nSPS) is 29.3. The van der Waals surface area contributed by atoms with Gasteiger partial charge in [-0.1, -0.05) is 26.8 Å². The molecule has 0 spiro atoms. The van der Waals surface area contributed by atoms with Gasteiger partial charge in [-0.3, -0.25) is 0 Å². The standard InChI is InChI=1S/C13H23N2O2.Ac/c1-7(2)8(3)10-5-9(13(16)17-4)6-11(14)12(10)15;/h5,7-8,10-12,15H,6,14H2,1-4H3;/q-1;. The molecule has 0 amide bonds. The summed E-state index contributed by atoms with van der Waals surface area (Å²) in [5, 5.41) is 0. The van der Waals surface area contributed by atoms with Crippen LogP contribution in [0, 0.1) is 61.8 Å². The first kappa shape index (κ1) is 18.6. The maximum atomic E-state index is 11.5. The van der Waals surface area contributed by atoms with Crippen LogP contribution in [0.2, 0.25) is 0 Å². The topological polar surface area (TPSA) is 76.1 Å². The van der Waals surface area contributed by atoms with Gasteiger partial charge in [0.15, 0.2) is 0 Å². The summed E-state index contributed by atoms with van der Waals surface area (Å²) in [6.45, 7) is 6.37. The molecule has 0 saturated carbocycles. The zero-order chi connectivity index (χ0) is 13.2. The van der Waals surface area contributed by atoms with Crippen LogP contribution in [0.25, 0.3) is 5.73 Å². The quantitative estimate of drug-likeness (QED) is 0.648. The van der Waals surface area contributed by atoms with Crippen molar-refractivity contribution in [3.05, 3.63) is 17.4 Å². The molecule has 4 atom stereocenters. The molecule has 5 heteroatoms. The van der Waals surface area contributed by atoms with Crippen molar-refractivity contribution < 1.29 is 53.6 Å². The summed E-state index contributed by atoms with van der Waals surface area (Å²) in [7, 11) is 1.38. The summed E-state index contributed by atoms with van der Waals surface area (Å²) in [6.07, 6.45) is 2.35. The second-order valence-electron chi connectivity index (χ2n) is 5.26. The van der Waals surface area contributed by atoms with Crippen LogP contribution in [0.3, 0.4) is 0 Å². The van der Waals surface area contributed by atoms with E-state index in [1.165, 1.54) is 7.11 Å². The molecule has 4 nitrogen and oxygen atoms in total. The molecule has 0 aromatic carbocycles. The molecule has 4 unspecified atom stereocenters. The van der Waals surface area contributed by atoms with E-state index < -0.39 is 0 Å². The predicted molar refractivity (Wildman–Crippen MR) is 68.3 cm³/mol. The smallest absolute Gasteiger partial charge is 0.333 e. The SMILES string of the molecule is COC(=O)C1=CC(C(C)C(C)C)C([NH-])C(N)C1.[Ac]. The number of nitrogens with one attached hydrogen (secondary N) is 1. The molecule has 1 aliphatic rings. The monoisotopic (exact) mass is 466 g/mol. The molecule has 18 heavy (non-hydrogen) atoms. The molecule has 0 saturated heterocycles. The Bertz CT molecular complexity index is 318. The largest absolute Gasteiger partial charge is 0.673 e. The number of rotatable bonds is 3. The minimum atomic E-state index is -0.333. The summed E-state index contributed by atoms with van der Waals surface area (Å²) in [5.74, 6) is 0.526. The van der Waals surface area contributed by atoms with Crippen LogP contribution in [0.4, 0.5) is 0 Å². The van der Waals surface area contributed by atoms with Crippen molar-refractivity contribution in [3.8, 4) is 0 Å². The minimum Gasteiger partial charge on any atom is -0.673 e. The third-order valence-corrected chi connectivity index (χ3v) is 3.83. The molecule has 1 aliphatic carbocycles. The number of hydrogen-bond donors (Lipinski definition) is 1. The molecule has 101 valence electrons. The second kappa shape index (κ2) is 7.99. The predicted octanol–water partition coefficient (Wildman–Crippen LogP) is 2.15. The van der Waals surface area contributed by atoms with Crippen molar-refractivity contribution in [2.75, 3.05) is 7.11 Å². The van der Waals surface area contributed by atoms with E-state index in [4.69, 9.17) is 16.2 Å². The van der Waals surface area contributed by atoms with Crippen molar-refractivity contribution in [1.29, 1.82) is 0 Å². The summed E-state index contributed by atoms with van der Waals surface area (Å²) >= 11 is 0. The van der Waals surface area contributed by atoms with Gasteiger partial charge in [-0.25, -0.2) is 4.79 Å². The van der Waals surface area contributed by atoms with Crippen LogP contribution in [0.5, 0.6) is 0 Å². The van der Waals surface area contributed by atoms with E-state index >= 15 is 0 Å². The van der Waals surface area contributed by atoms with E-state index in [9.17, 15) is 4.79 Å². The third kappa shape index (κ3) is 4.30. The first-order chi connectivity index (χ1) is 7.88. The molecule has 0 aromatic heterocycles. The van der Waals surface area contributed by atoms with Crippen molar-refractivity contribution in [2.45, 2.75) is 39.3 Å². The van der Waals surface area contributed by atoms with Gasteiger partial charge >= 0.3 is 5.97 Å². The van der Waals surface area contributed by atoms with Gasteiger partial charge in [0.2, 0.25) is 0 Å². The number of esters is 1. The van der Waals surface area contributed by atoms with Crippen LogP contribution < -0.4 is 5.73 Å². The van der Waals surface area contributed by atoms with E-state index in [1.807, 2.05) is 6.08 Å². The Morgan fingerprint density at radius 2 is 2.06 bits per heavy atom. The average molecular weight is 466 g/mol. The Labute approximate surface area is 145 Å². The fourth-order valence-electron chi connectivity index (χ4n) is 2.28. The Balaban J connectivity index is 0.00000289. The van der Waals surface area contributed by atoms with Crippen molar-refractivity contribution in [3.63, 3.8) is 0 Å². The summed E-state index contributed by atoms with van der Waals surface area (Å²) in [6, 6.07) is -0.610. The number of nitrogens with two attached hydrogens (primary N) is 1. The fraction of sp³-hybridized carbons (Fsp3) is 0.769. The minimum absolute atomic E-state index is 0. The van der Waals surface area contributed by atoms with Gasteiger partial charge in [-0.05, 0) is 30.2 Å². The summed E-state index contributed by atoms with van der Waals surface area (Å²) < 4.78 is 4.74. The zero-order valence-electron chi connectivity index (χ0n) is 11.6. The van der Waals surface area contributed by atoms with Crippen LogP contribution in [0.15, 0.2) is 11.6 Å². The van der Waals surface area contributed by atoms with Crippen molar-refractivity contribution >= 4 is 5.97 Å².